The molecule has 2 unspecified atom stereocenters. The van der Waals surface area contributed by atoms with E-state index in [-0.39, 0.29) is 11.9 Å². The largest absolute Gasteiger partial charge is 0.371 e. The molecule has 176 valence electrons. The maximum Gasteiger partial charge on any atom is 0.272 e. The number of piperidine rings is 1. The first kappa shape index (κ1) is 21.1. The number of anilines is 1. The molecule has 2 aromatic heterocycles. The first-order valence-electron chi connectivity index (χ1n) is 12.1. The third kappa shape index (κ3) is 3.61. The van der Waals surface area contributed by atoms with Gasteiger partial charge in [-0.3, -0.25) is 9.79 Å². The molecular weight excluding hydrogens is 426 g/mol. The molecule has 3 aliphatic rings. The van der Waals surface area contributed by atoms with Crippen LogP contribution in [0.3, 0.4) is 0 Å². The lowest BCUT2D eigenvalue weighted by molar-refractivity contribution is 0.0931. The zero-order valence-electron chi connectivity index (χ0n) is 19.9. The molecule has 1 N–H and O–H groups in total. The minimum absolute atomic E-state index is 0.0470. The van der Waals surface area contributed by atoms with E-state index in [0.29, 0.717) is 18.8 Å². The molecule has 2 aliphatic carbocycles. The quantitative estimate of drug-likeness (QED) is 0.553. The number of aromatic nitrogens is 4. The standard InChI is InChI=1S/C26H31N7O/c1-16-17(4-6-23(20(16)9-27-2)33-11-18-8-19(18)12-33)10-32-13-22(28-15-32)26(34)30-21-5-7-24-25(21)29-14-31(24)3/h4,6,13-15,18-19,21H,2,5,7-12H2,1,3H3,(H,30,34)/t18?,19?,21-/m1/s1. The number of aryl methyl sites for hydroxylation is 1. The predicted molar refractivity (Wildman–Crippen MR) is 131 cm³/mol. The van der Waals surface area contributed by atoms with Crippen molar-refractivity contribution in [2.45, 2.75) is 45.3 Å². The minimum Gasteiger partial charge on any atom is -0.371 e. The van der Waals surface area contributed by atoms with E-state index in [9.17, 15) is 4.79 Å². The Morgan fingerprint density at radius 1 is 1.24 bits per heavy atom. The Labute approximate surface area is 199 Å². The second-order valence-corrected chi connectivity index (χ2v) is 10.1. The zero-order chi connectivity index (χ0) is 23.4. The van der Waals surface area contributed by atoms with E-state index in [1.54, 1.807) is 6.33 Å². The number of aliphatic imine (C=N–C) groups is 1. The average molecular weight is 458 g/mol. The molecule has 8 heteroatoms. The van der Waals surface area contributed by atoms with Crippen LogP contribution in [-0.2, 0) is 26.6 Å². The van der Waals surface area contributed by atoms with Crippen molar-refractivity contribution in [1.29, 1.82) is 0 Å². The van der Waals surface area contributed by atoms with Gasteiger partial charge in [-0.25, -0.2) is 9.97 Å². The van der Waals surface area contributed by atoms with Gasteiger partial charge in [-0.1, -0.05) is 6.07 Å². The summed E-state index contributed by atoms with van der Waals surface area (Å²) < 4.78 is 4.01. The third-order valence-corrected chi connectivity index (χ3v) is 7.89. The van der Waals surface area contributed by atoms with Crippen molar-refractivity contribution in [2.75, 3.05) is 18.0 Å². The molecule has 0 radical (unpaired) electrons. The Balaban J connectivity index is 1.17. The number of fused-ring (bicyclic) bond motifs is 2. The van der Waals surface area contributed by atoms with E-state index >= 15 is 0 Å². The summed E-state index contributed by atoms with van der Waals surface area (Å²) in [6.07, 6.45) is 8.58. The molecule has 0 spiro atoms. The summed E-state index contributed by atoms with van der Waals surface area (Å²) in [5.41, 5.74) is 7.64. The van der Waals surface area contributed by atoms with E-state index in [2.05, 4.69) is 51.0 Å². The molecule has 3 atom stereocenters. The summed E-state index contributed by atoms with van der Waals surface area (Å²) in [6.45, 7) is 9.53. The van der Waals surface area contributed by atoms with Crippen LogP contribution in [0.4, 0.5) is 5.69 Å². The highest BCUT2D eigenvalue weighted by molar-refractivity contribution is 5.92. The average Bonchev–Trinajstić information content (AvgIpc) is 3.29. The Kier molecular flexibility index (Phi) is 5.04. The molecular formula is C26H31N7O. The molecule has 1 saturated carbocycles. The van der Waals surface area contributed by atoms with E-state index < -0.39 is 0 Å². The summed E-state index contributed by atoms with van der Waals surface area (Å²) in [4.78, 5) is 28.5. The normalized spacial score (nSPS) is 22.5. The SMILES string of the molecule is C=NCc1c(N2CC3CC3C2)ccc(Cn2cnc(C(=O)N[C@@H]3CCc4c3ncn4C)c2)c1C. The number of hydrogen-bond donors (Lipinski definition) is 1. The summed E-state index contributed by atoms with van der Waals surface area (Å²) in [6, 6.07) is 4.40. The molecule has 34 heavy (non-hydrogen) atoms. The van der Waals surface area contributed by atoms with Gasteiger partial charge in [0.15, 0.2) is 0 Å². The number of hydrogen-bond acceptors (Lipinski definition) is 5. The topological polar surface area (TPSA) is 80.3 Å². The Bertz CT molecular complexity index is 1260. The molecule has 1 aromatic carbocycles. The van der Waals surface area contributed by atoms with Crippen LogP contribution in [0.2, 0.25) is 0 Å². The summed E-state index contributed by atoms with van der Waals surface area (Å²) >= 11 is 0. The molecule has 2 fully saturated rings. The smallest absolute Gasteiger partial charge is 0.272 e. The van der Waals surface area contributed by atoms with Crippen LogP contribution in [0.1, 0.15) is 57.5 Å². The highest BCUT2D eigenvalue weighted by Crippen LogP contribution is 2.47. The number of amides is 1. The fourth-order valence-electron chi connectivity index (χ4n) is 5.79. The monoisotopic (exact) mass is 457 g/mol. The second kappa shape index (κ2) is 8.11. The van der Waals surface area contributed by atoms with Crippen LogP contribution in [-0.4, -0.2) is 44.8 Å². The molecule has 1 saturated heterocycles. The maximum absolute atomic E-state index is 12.9. The van der Waals surface area contributed by atoms with Gasteiger partial charge in [0, 0.05) is 49.8 Å². The van der Waals surface area contributed by atoms with Crippen LogP contribution >= 0.6 is 0 Å². The highest BCUT2D eigenvalue weighted by atomic mass is 16.2. The van der Waals surface area contributed by atoms with Crippen LogP contribution in [0.25, 0.3) is 0 Å². The fourth-order valence-corrected chi connectivity index (χ4v) is 5.79. The molecule has 6 rings (SSSR count). The van der Waals surface area contributed by atoms with Crippen molar-refractivity contribution in [3.63, 3.8) is 0 Å². The van der Waals surface area contributed by atoms with Gasteiger partial charge in [0.1, 0.15) is 5.69 Å². The van der Waals surface area contributed by atoms with Crippen LogP contribution < -0.4 is 10.2 Å². The highest BCUT2D eigenvalue weighted by Gasteiger charge is 2.45. The molecule has 3 heterocycles. The van der Waals surface area contributed by atoms with Crippen LogP contribution in [0.5, 0.6) is 0 Å². The summed E-state index contributed by atoms with van der Waals surface area (Å²) in [5.74, 6) is 1.61. The molecule has 8 nitrogen and oxygen atoms in total. The van der Waals surface area contributed by atoms with Gasteiger partial charge in [-0.05, 0) is 61.9 Å². The first-order chi connectivity index (χ1) is 16.5. The lowest BCUT2D eigenvalue weighted by Gasteiger charge is -2.25. The van der Waals surface area contributed by atoms with Gasteiger partial charge in [0.05, 0.1) is 30.9 Å². The number of nitrogens with zero attached hydrogens (tertiary/aromatic N) is 6. The van der Waals surface area contributed by atoms with Gasteiger partial charge < -0.3 is 19.4 Å². The number of imidazole rings is 2. The predicted octanol–water partition coefficient (Wildman–Crippen LogP) is 3.05. The number of rotatable bonds is 7. The fraction of sp³-hybridized carbons (Fsp3) is 0.462. The lowest BCUT2D eigenvalue weighted by Crippen LogP contribution is -2.27. The van der Waals surface area contributed by atoms with Crippen molar-refractivity contribution in [1.82, 2.24) is 24.4 Å². The van der Waals surface area contributed by atoms with Crippen molar-refractivity contribution in [3.8, 4) is 0 Å². The molecule has 1 amide bonds. The number of carbonyl (C=O) groups is 1. The second-order valence-electron chi connectivity index (χ2n) is 10.1. The van der Waals surface area contributed by atoms with Crippen LogP contribution in [0.15, 0.2) is 36.0 Å². The van der Waals surface area contributed by atoms with E-state index in [1.807, 2.05) is 28.7 Å². The van der Waals surface area contributed by atoms with Gasteiger partial charge >= 0.3 is 0 Å². The Hall–Kier alpha value is -3.42. The Morgan fingerprint density at radius 3 is 2.85 bits per heavy atom. The van der Waals surface area contributed by atoms with Gasteiger partial charge in [0.25, 0.3) is 5.91 Å². The first-order valence-corrected chi connectivity index (χ1v) is 12.1. The zero-order valence-corrected chi connectivity index (χ0v) is 19.9. The number of nitrogens with one attached hydrogen (secondary N) is 1. The van der Waals surface area contributed by atoms with Gasteiger partial charge in [-0.2, -0.15) is 0 Å². The van der Waals surface area contributed by atoms with Crippen molar-refractivity contribution < 1.29 is 4.79 Å². The van der Waals surface area contributed by atoms with Crippen molar-refractivity contribution in [3.05, 3.63) is 64.8 Å². The number of carbonyl (C=O) groups excluding carboxylic acids is 1. The number of benzene rings is 1. The van der Waals surface area contributed by atoms with Crippen LogP contribution in [0, 0.1) is 18.8 Å². The third-order valence-electron chi connectivity index (χ3n) is 7.89. The van der Waals surface area contributed by atoms with E-state index in [4.69, 9.17) is 0 Å². The van der Waals surface area contributed by atoms with E-state index in [0.717, 1.165) is 43.5 Å². The summed E-state index contributed by atoms with van der Waals surface area (Å²) in [5, 5.41) is 3.11. The van der Waals surface area contributed by atoms with Crippen molar-refractivity contribution in [2.24, 2.45) is 23.9 Å². The maximum atomic E-state index is 12.9. The lowest BCUT2D eigenvalue weighted by atomic mass is 9.99. The summed E-state index contributed by atoms with van der Waals surface area (Å²) in [7, 11) is 2.00. The van der Waals surface area contributed by atoms with Gasteiger partial charge in [0.2, 0.25) is 0 Å². The molecule has 0 bridgehead atoms. The molecule has 1 aliphatic heterocycles. The molecule has 3 aromatic rings. The minimum atomic E-state index is -0.154. The van der Waals surface area contributed by atoms with Crippen molar-refractivity contribution >= 4 is 18.3 Å². The van der Waals surface area contributed by atoms with E-state index in [1.165, 1.54) is 34.5 Å². The van der Waals surface area contributed by atoms with Gasteiger partial charge in [-0.15, -0.1) is 0 Å². The Morgan fingerprint density at radius 2 is 2.06 bits per heavy atom.